The van der Waals surface area contributed by atoms with Crippen LogP contribution in [0, 0.1) is 0 Å². The molecule has 0 bridgehead atoms. The second-order valence-electron chi connectivity index (χ2n) is 13.7. The van der Waals surface area contributed by atoms with Crippen LogP contribution in [-0.2, 0) is 19.1 Å². The summed E-state index contributed by atoms with van der Waals surface area (Å²) in [6.45, 7) is 4.25. The Morgan fingerprint density at radius 2 is 0.714 bits per heavy atom. The second-order valence-corrected chi connectivity index (χ2v) is 13.7. The minimum Gasteiger partial charge on any atom is -0.463 e. The summed E-state index contributed by atoms with van der Waals surface area (Å²) in [5.41, 5.74) is 0. The van der Waals surface area contributed by atoms with Gasteiger partial charge in [0.1, 0.15) is 19.3 Å². The number of carbonyl (C=O) groups excluding carboxylic acids is 2. The largest absolute Gasteiger partial charge is 0.463 e. The van der Waals surface area contributed by atoms with Gasteiger partial charge in [0, 0.05) is 12.8 Å². The maximum absolute atomic E-state index is 12.0. The lowest BCUT2D eigenvalue weighted by atomic mass is 10.1. The molecule has 49 heavy (non-hydrogen) atoms. The molecule has 0 radical (unpaired) electrons. The maximum Gasteiger partial charge on any atom is 0.305 e. The van der Waals surface area contributed by atoms with Crippen molar-refractivity contribution in [1.29, 1.82) is 0 Å². The van der Waals surface area contributed by atoms with Gasteiger partial charge in [-0.05, 0) is 77.0 Å². The number of hydrogen-bond donors (Lipinski definition) is 1. The van der Waals surface area contributed by atoms with Gasteiger partial charge in [-0.25, -0.2) is 0 Å². The molecule has 1 N–H and O–H groups in total. The van der Waals surface area contributed by atoms with Gasteiger partial charge in [-0.3, -0.25) is 9.59 Å². The second kappa shape index (κ2) is 40.3. The van der Waals surface area contributed by atoms with Crippen LogP contribution in [0.1, 0.15) is 200 Å². The van der Waals surface area contributed by atoms with Gasteiger partial charge in [-0.15, -0.1) is 0 Å². The van der Waals surface area contributed by atoms with E-state index in [1.807, 2.05) is 0 Å². The molecule has 5 nitrogen and oxygen atoms in total. The molecule has 0 saturated heterocycles. The highest BCUT2D eigenvalue weighted by atomic mass is 16.6. The first-order chi connectivity index (χ1) is 24.1. The molecule has 0 heterocycles. The van der Waals surface area contributed by atoms with Crippen LogP contribution in [0.5, 0.6) is 0 Å². The Balaban J connectivity index is 3.46. The molecule has 0 amide bonds. The molecule has 5 heteroatoms. The molecule has 0 aliphatic heterocycles. The lowest BCUT2D eigenvalue weighted by Gasteiger charge is -2.12. The molecular weight excluding hydrogens is 608 g/mol. The fourth-order valence-corrected chi connectivity index (χ4v) is 5.62. The average Bonchev–Trinajstić information content (AvgIpc) is 3.10. The first-order valence-electron chi connectivity index (χ1n) is 20.7. The van der Waals surface area contributed by atoms with E-state index in [0.717, 1.165) is 57.8 Å². The zero-order valence-electron chi connectivity index (χ0n) is 32.2. The van der Waals surface area contributed by atoms with Crippen LogP contribution < -0.4 is 0 Å². The molecule has 0 aromatic carbocycles. The van der Waals surface area contributed by atoms with Crippen molar-refractivity contribution in [2.75, 3.05) is 13.2 Å². The highest BCUT2D eigenvalue weighted by Crippen LogP contribution is 2.13. The molecule has 0 unspecified atom stereocenters. The van der Waals surface area contributed by atoms with E-state index in [1.165, 1.54) is 116 Å². The predicted molar refractivity (Wildman–Crippen MR) is 210 cm³/mol. The fourth-order valence-electron chi connectivity index (χ4n) is 5.62. The van der Waals surface area contributed by atoms with Crippen molar-refractivity contribution in [3.05, 3.63) is 48.6 Å². The molecule has 0 aromatic heterocycles. The summed E-state index contributed by atoms with van der Waals surface area (Å²) in [4.78, 5) is 24.0. The van der Waals surface area contributed by atoms with Crippen LogP contribution in [-0.4, -0.2) is 36.4 Å². The van der Waals surface area contributed by atoms with Gasteiger partial charge < -0.3 is 14.6 Å². The molecule has 0 rings (SSSR count). The molecule has 0 aliphatic rings. The molecule has 284 valence electrons. The number of aliphatic hydroxyl groups excluding tert-OH is 1. The van der Waals surface area contributed by atoms with Crippen molar-refractivity contribution >= 4 is 11.9 Å². The van der Waals surface area contributed by atoms with Crippen LogP contribution in [0.3, 0.4) is 0 Å². The highest BCUT2D eigenvalue weighted by Gasteiger charge is 2.12. The normalized spacial score (nSPS) is 12.6. The summed E-state index contributed by atoms with van der Waals surface area (Å²) in [5.74, 6) is -0.584. The fraction of sp³-hybridized carbons (Fsp3) is 0.773. The topological polar surface area (TPSA) is 72.8 Å². The van der Waals surface area contributed by atoms with Crippen LogP contribution in [0.4, 0.5) is 0 Å². The molecule has 0 aliphatic carbocycles. The van der Waals surface area contributed by atoms with E-state index in [2.05, 4.69) is 62.5 Å². The van der Waals surface area contributed by atoms with Gasteiger partial charge in [-0.2, -0.15) is 0 Å². The Bertz CT molecular complexity index is 827. The monoisotopic (exact) mass is 687 g/mol. The quantitative estimate of drug-likeness (QED) is 0.0400. The van der Waals surface area contributed by atoms with E-state index in [9.17, 15) is 14.7 Å². The van der Waals surface area contributed by atoms with Gasteiger partial charge in [0.15, 0.2) is 0 Å². The molecular formula is C44H78O5. The molecule has 0 fully saturated rings. The van der Waals surface area contributed by atoms with Gasteiger partial charge in [-0.1, -0.05) is 159 Å². The Kier molecular flexibility index (Phi) is 38.5. The summed E-state index contributed by atoms with van der Waals surface area (Å²) in [6.07, 6.45) is 50.2. The summed E-state index contributed by atoms with van der Waals surface area (Å²) in [6, 6.07) is 0. The lowest BCUT2D eigenvalue weighted by molar-refractivity contribution is -0.152. The number of hydrogen-bond acceptors (Lipinski definition) is 5. The third-order valence-electron chi connectivity index (χ3n) is 8.79. The predicted octanol–water partition coefficient (Wildman–Crippen LogP) is 13.0. The third-order valence-corrected chi connectivity index (χ3v) is 8.79. The minimum absolute atomic E-state index is 0.123. The smallest absolute Gasteiger partial charge is 0.305 e. The van der Waals surface area contributed by atoms with Crippen molar-refractivity contribution in [3.8, 4) is 0 Å². The highest BCUT2D eigenvalue weighted by molar-refractivity contribution is 5.69. The van der Waals surface area contributed by atoms with E-state index >= 15 is 0 Å². The Morgan fingerprint density at radius 1 is 0.429 bits per heavy atom. The summed E-state index contributed by atoms with van der Waals surface area (Å²) >= 11 is 0. The molecule has 0 saturated carbocycles. The maximum atomic E-state index is 12.0. The molecule has 0 spiro atoms. The number of carbonyl (C=O) groups is 2. The number of unbranched alkanes of at least 4 members (excludes halogenated alkanes) is 21. The number of esters is 2. The third kappa shape index (κ3) is 40.2. The van der Waals surface area contributed by atoms with Crippen molar-refractivity contribution < 1.29 is 24.2 Å². The van der Waals surface area contributed by atoms with Crippen molar-refractivity contribution in [2.24, 2.45) is 0 Å². The lowest BCUT2D eigenvalue weighted by Crippen LogP contribution is -2.25. The summed E-state index contributed by atoms with van der Waals surface area (Å²) in [7, 11) is 0. The standard InChI is InChI=1S/C44H78O5/c1-3-5-7-9-11-13-15-17-19-21-22-23-25-27-29-31-33-35-37-39-44(47)49-41-42(45)40-48-43(46)38-36-34-32-30-28-26-24-20-18-16-14-12-10-8-6-4-2/h11,13-14,16-17,19-20,24,42,45H,3-10,12,15,18,21-23,25-41H2,1-2H3/b13-11-,16-14-,19-17-,24-20-/t42-/m1/s1. The van der Waals surface area contributed by atoms with Crippen LogP contribution in [0.25, 0.3) is 0 Å². The summed E-state index contributed by atoms with van der Waals surface area (Å²) < 4.78 is 10.3. The first kappa shape index (κ1) is 46.9. The van der Waals surface area contributed by atoms with E-state index in [4.69, 9.17) is 9.47 Å². The van der Waals surface area contributed by atoms with Gasteiger partial charge >= 0.3 is 11.9 Å². The minimum atomic E-state index is -0.972. The van der Waals surface area contributed by atoms with E-state index < -0.39 is 6.10 Å². The van der Waals surface area contributed by atoms with Crippen molar-refractivity contribution in [2.45, 2.75) is 206 Å². The van der Waals surface area contributed by atoms with Gasteiger partial charge in [0.2, 0.25) is 0 Å². The van der Waals surface area contributed by atoms with Gasteiger partial charge in [0.05, 0.1) is 0 Å². The first-order valence-corrected chi connectivity index (χ1v) is 20.7. The zero-order chi connectivity index (χ0) is 35.7. The number of rotatable bonds is 37. The van der Waals surface area contributed by atoms with Crippen LogP contribution >= 0.6 is 0 Å². The molecule has 0 aromatic rings. The number of allylic oxidation sites excluding steroid dienone is 8. The van der Waals surface area contributed by atoms with Gasteiger partial charge in [0.25, 0.3) is 0 Å². The number of aliphatic hydroxyl groups is 1. The van der Waals surface area contributed by atoms with Crippen molar-refractivity contribution in [1.82, 2.24) is 0 Å². The zero-order valence-corrected chi connectivity index (χ0v) is 32.2. The number of ether oxygens (including phenoxy) is 2. The van der Waals surface area contributed by atoms with E-state index in [0.29, 0.717) is 12.8 Å². The van der Waals surface area contributed by atoms with E-state index in [1.54, 1.807) is 0 Å². The Hall–Kier alpha value is -2.14. The van der Waals surface area contributed by atoms with Crippen LogP contribution in [0.2, 0.25) is 0 Å². The summed E-state index contributed by atoms with van der Waals surface area (Å²) in [5, 5.41) is 10.0. The molecule has 1 atom stereocenters. The Labute approximate surface area is 303 Å². The average molecular weight is 687 g/mol. The van der Waals surface area contributed by atoms with E-state index in [-0.39, 0.29) is 25.2 Å². The SMILES string of the molecule is CCCCC/C=C\C/C=C\CCCCCCCCCCCC(=O)OC[C@H](O)COC(=O)CCCCCCC/C=C\C/C=C\CCCCCC. The van der Waals surface area contributed by atoms with Crippen molar-refractivity contribution in [3.63, 3.8) is 0 Å². The Morgan fingerprint density at radius 3 is 1.08 bits per heavy atom. The van der Waals surface area contributed by atoms with Crippen LogP contribution in [0.15, 0.2) is 48.6 Å².